The zero-order valence-electron chi connectivity index (χ0n) is 18.5. The highest BCUT2D eigenvalue weighted by molar-refractivity contribution is 7.13. The molecule has 0 saturated carbocycles. The van der Waals surface area contributed by atoms with E-state index in [2.05, 4.69) is 20.4 Å². The Labute approximate surface area is 197 Å². The smallest absolute Gasteiger partial charge is 0.338 e. The van der Waals surface area contributed by atoms with Crippen molar-refractivity contribution in [1.82, 2.24) is 24.6 Å². The summed E-state index contributed by atoms with van der Waals surface area (Å²) in [7, 11) is 0. The van der Waals surface area contributed by atoms with E-state index in [-0.39, 0.29) is 36.0 Å². The molecule has 34 heavy (non-hydrogen) atoms. The van der Waals surface area contributed by atoms with Crippen molar-refractivity contribution in [3.8, 4) is 5.82 Å². The van der Waals surface area contributed by atoms with Crippen molar-refractivity contribution in [3.05, 3.63) is 52.9 Å². The third-order valence-electron chi connectivity index (χ3n) is 5.62. The summed E-state index contributed by atoms with van der Waals surface area (Å²) < 4.78 is 40.1. The Kier molecular flexibility index (Phi) is 6.69. The highest BCUT2D eigenvalue weighted by atomic mass is 32.1. The summed E-state index contributed by atoms with van der Waals surface area (Å²) in [6, 6.07) is 2.17. The molecule has 0 aromatic carbocycles. The van der Waals surface area contributed by atoms with Gasteiger partial charge in [0.05, 0.1) is 28.9 Å². The molecule has 3 aromatic rings. The average molecular weight is 493 g/mol. The highest BCUT2D eigenvalue weighted by Crippen LogP contribution is 2.30. The zero-order valence-corrected chi connectivity index (χ0v) is 19.4. The number of likely N-dealkylation sites (tertiary alicyclic amines) is 1. The number of piperidine rings is 1. The minimum absolute atomic E-state index is 0.153. The van der Waals surface area contributed by atoms with E-state index < -0.39 is 11.7 Å². The van der Waals surface area contributed by atoms with E-state index in [4.69, 9.17) is 0 Å². The summed E-state index contributed by atoms with van der Waals surface area (Å²) in [5.41, 5.74) is 0.0329. The Balaban J connectivity index is 1.55. The van der Waals surface area contributed by atoms with Gasteiger partial charge in [-0.3, -0.25) is 9.59 Å². The molecule has 2 amide bonds. The Morgan fingerprint density at radius 1 is 1.21 bits per heavy atom. The first-order valence-corrected chi connectivity index (χ1v) is 11.6. The van der Waals surface area contributed by atoms with Crippen molar-refractivity contribution in [2.24, 2.45) is 5.92 Å². The fourth-order valence-electron chi connectivity index (χ4n) is 3.98. The number of alkyl halides is 3. The first kappa shape index (κ1) is 23.9. The van der Waals surface area contributed by atoms with Crippen LogP contribution in [0.2, 0.25) is 0 Å². The second kappa shape index (κ2) is 9.53. The van der Waals surface area contributed by atoms with Crippen LogP contribution in [0.5, 0.6) is 0 Å². The number of pyridine rings is 1. The third kappa shape index (κ3) is 4.96. The number of rotatable bonds is 5. The summed E-state index contributed by atoms with van der Waals surface area (Å²) in [5.74, 6) is -0.778. The number of nitrogens with one attached hydrogen (secondary N) is 1. The van der Waals surface area contributed by atoms with Gasteiger partial charge in [-0.1, -0.05) is 13.8 Å². The second-order valence-corrected chi connectivity index (χ2v) is 9.22. The van der Waals surface area contributed by atoms with Gasteiger partial charge < -0.3 is 10.2 Å². The molecule has 12 heteroatoms. The van der Waals surface area contributed by atoms with Crippen LogP contribution in [0.15, 0.2) is 36.1 Å². The topological polar surface area (TPSA) is 93.0 Å². The summed E-state index contributed by atoms with van der Waals surface area (Å²) in [5, 5.41) is 9.33. The SMILES string of the molecule is CC(C)c1c(C(=O)N2CCCC(C(=O)Nc3nccs3)C2)cnn1-c1ccc(C(F)(F)F)cn1. The molecule has 3 aromatic heterocycles. The van der Waals surface area contributed by atoms with Crippen LogP contribution < -0.4 is 5.32 Å². The van der Waals surface area contributed by atoms with Crippen LogP contribution >= 0.6 is 11.3 Å². The lowest BCUT2D eigenvalue weighted by Gasteiger charge is -2.32. The van der Waals surface area contributed by atoms with Gasteiger partial charge in [0.1, 0.15) is 0 Å². The standard InChI is InChI=1S/C22H23F3N6O2S/c1-13(2)18-16(11-28-31(18)17-6-5-15(10-27-17)22(23,24)25)20(33)30-8-3-4-14(12-30)19(32)29-21-26-7-9-34-21/h5-7,9-11,13-14H,3-4,8,12H2,1-2H3,(H,26,29,32). The van der Waals surface area contributed by atoms with Crippen LogP contribution in [-0.2, 0) is 11.0 Å². The Morgan fingerprint density at radius 2 is 2.00 bits per heavy atom. The van der Waals surface area contributed by atoms with Gasteiger partial charge in [-0.15, -0.1) is 11.3 Å². The Bertz CT molecular complexity index is 1160. The van der Waals surface area contributed by atoms with Crippen LogP contribution in [0.1, 0.15) is 54.2 Å². The number of hydrogen-bond acceptors (Lipinski definition) is 6. The molecule has 0 spiro atoms. The minimum atomic E-state index is -4.49. The van der Waals surface area contributed by atoms with Gasteiger partial charge >= 0.3 is 6.18 Å². The van der Waals surface area contributed by atoms with Gasteiger partial charge in [-0.05, 0) is 30.9 Å². The number of halogens is 3. The minimum Gasteiger partial charge on any atom is -0.338 e. The van der Waals surface area contributed by atoms with Crippen LogP contribution in [0.25, 0.3) is 5.82 Å². The summed E-state index contributed by atoms with van der Waals surface area (Å²) in [6.07, 6.45) is 0.608. The fourth-order valence-corrected chi connectivity index (χ4v) is 4.51. The molecule has 1 aliphatic rings. The number of anilines is 1. The number of hydrogen-bond donors (Lipinski definition) is 1. The molecule has 0 radical (unpaired) electrons. The lowest BCUT2D eigenvalue weighted by atomic mass is 9.96. The molecule has 8 nitrogen and oxygen atoms in total. The van der Waals surface area contributed by atoms with Gasteiger partial charge in [-0.25, -0.2) is 14.6 Å². The molecule has 1 fully saturated rings. The fraction of sp³-hybridized carbons (Fsp3) is 0.409. The van der Waals surface area contributed by atoms with E-state index in [1.807, 2.05) is 13.8 Å². The molecule has 1 N–H and O–H groups in total. The average Bonchev–Trinajstić information content (AvgIpc) is 3.48. The number of nitrogens with zero attached hydrogens (tertiary/aromatic N) is 5. The molecule has 0 aliphatic carbocycles. The number of carbonyl (C=O) groups excluding carboxylic acids is 2. The third-order valence-corrected chi connectivity index (χ3v) is 6.31. The number of amides is 2. The van der Waals surface area contributed by atoms with Gasteiger partial charge in [0, 0.05) is 30.9 Å². The van der Waals surface area contributed by atoms with Gasteiger partial charge in [0.15, 0.2) is 10.9 Å². The molecular weight excluding hydrogens is 469 g/mol. The number of carbonyl (C=O) groups is 2. The highest BCUT2D eigenvalue weighted by Gasteiger charge is 2.33. The Morgan fingerprint density at radius 3 is 2.62 bits per heavy atom. The maximum absolute atomic E-state index is 13.4. The monoisotopic (exact) mass is 492 g/mol. The van der Waals surface area contributed by atoms with Gasteiger partial charge in [0.25, 0.3) is 5.91 Å². The second-order valence-electron chi connectivity index (χ2n) is 8.33. The van der Waals surface area contributed by atoms with Crippen molar-refractivity contribution in [1.29, 1.82) is 0 Å². The maximum atomic E-state index is 13.4. The summed E-state index contributed by atoms with van der Waals surface area (Å²) in [4.78, 5) is 35.6. The summed E-state index contributed by atoms with van der Waals surface area (Å²) >= 11 is 1.32. The largest absolute Gasteiger partial charge is 0.417 e. The molecule has 180 valence electrons. The lowest BCUT2D eigenvalue weighted by Crippen LogP contribution is -2.44. The first-order valence-electron chi connectivity index (χ1n) is 10.8. The van der Waals surface area contributed by atoms with E-state index in [1.54, 1.807) is 16.5 Å². The molecule has 1 aliphatic heterocycles. The predicted molar refractivity (Wildman–Crippen MR) is 120 cm³/mol. The first-order chi connectivity index (χ1) is 16.1. The van der Waals surface area contributed by atoms with Gasteiger partial charge in [0.2, 0.25) is 5.91 Å². The van der Waals surface area contributed by atoms with E-state index in [0.29, 0.717) is 35.8 Å². The molecule has 0 bridgehead atoms. The Hall–Kier alpha value is -3.28. The molecule has 1 unspecified atom stereocenters. The van der Waals surface area contributed by atoms with Crippen molar-refractivity contribution in [2.75, 3.05) is 18.4 Å². The van der Waals surface area contributed by atoms with E-state index in [9.17, 15) is 22.8 Å². The number of aromatic nitrogens is 4. The molecular formula is C22H23F3N6O2S. The van der Waals surface area contributed by atoms with Crippen molar-refractivity contribution < 1.29 is 22.8 Å². The zero-order chi connectivity index (χ0) is 24.5. The molecule has 1 atom stereocenters. The lowest BCUT2D eigenvalue weighted by molar-refractivity contribution is -0.137. The van der Waals surface area contributed by atoms with Crippen LogP contribution in [-0.4, -0.2) is 49.6 Å². The predicted octanol–water partition coefficient (Wildman–Crippen LogP) is 4.36. The van der Waals surface area contributed by atoms with Crippen LogP contribution in [0.4, 0.5) is 18.3 Å². The molecule has 1 saturated heterocycles. The quantitative estimate of drug-likeness (QED) is 0.572. The normalized spacial score (nSPS) is 16.6. The van der Waals surface area contributed by atoms with Crippen LogP contribution in [0.3, 0.4) is 0 Å². The van der Waals surface area contributed by atoms with E-state index >= 15 is 0 Å². The maximum Gasteiger partial charge on any atom is 0.417 e. The summed E-state index contributed by atoms with van der Waals surface area (Å²) in [6.45, 7) is 4.50. The van der Waals surface area contributed by atoms with Crippen molar-refractivity contribution in [2.45, 2.75) is 38.8 Å². The number of thiazole rings is 1. The van der Waals surface area contributed by atoms with Gasteiger partial charge in [-0.2, -0.15) is 18.3 Å². The van der Waals surface area contributed by atoms with Crippen molar-refractivity contribution in [3.63, 3.8) is 0 Å². The van der Waals surface area contributed by atoms with E-state index in [1.165, 1.54) is 28.3 Å². The van der Waals surface area contributed by atoms with E-state index in [0.717, 1.165) is 12.3 Å². The molecule has 4 rings (SSSR count). The van der Waals surface area contributed by atoms with Crippen LogP contribution in [0, 0.1) is 5.92 Å². The van der Waals surface area contributed by atoms with Crippen molar-refractivity contribution >= 4 is 28.3 Å². The molecule has 4 heterocycles.